The van der Waals surface area contributed by atoms with Gasteiger partial charge in [0.2, 0.25) is 0 Å². The molecule has 0 saturated carbocycles. The van der Waals surface area contributed by atoms with Gasteiger partial charge in [-0.2, -0.15) is 0 Å². The van der Waals surface area contributed by atoms with Crippen molar-refractivity contribution in [3.05, 3.63) is 0 Å². The summed E-state index contributed by atoms with van der Waals surface area (Å²) in [6, 6.07) is 0. The predicted molar refractivity (Wildman–Crippen MR) is 44.6 cm³/mol. The number of carbonyl (C=O) groups is 1. The van der Waals surface area contributed by atoms with Crippen molar-refractivity contribution in [2.24, 2.45) is 5.92 Å². The van der Waals surface area contributed by atoms with Crippen molar-refractivity contribution in [1.29, 1.82) is 0 Å². The molecular weight excluding hydrogens is 156 g/mol. The van der Waals surface area contributed by atoms with Crippen LogP contribution in [0.15, 0.2) is 0 Å². The number of esters is 1. The first-order chi connectivity index (χ1) is 5.74. The predicted octanol–water partition coefficient (Wildman–Crippen LogP) is 1.10. The Labute approximate surface area is 72.7 Å². The van der Waals surface area contributed by atoms with Gasteiger partial charge in [-0.15, -0.1) is 0 Å². The SMILES string of the molecule is C[C@H]1C[C@@H](CCCCO)OC1=O. The van der Waals surface area contributed by atoms with E-state index in [0.717, 1.165) is 25.7 Å². The average Bonchev–Trinajstić information content (AvgIpc) is 2.32. The lowest BCUT2D eigenvalue weighted by atomic mass is 10.0. The van der Waals surface area contributed by atoms with Crippen molar-refractivity contribution in [2.75, 3.05) is 6.61 Å². The van der Waals surface area contributed by atoms with Crippen LogP contribution in [0.1, 0.15) is 32.6 Å². The van der Waals surface area contributed by atoms with E-state index in [0.29, 0.717) is 0 Å². The van der Waals surface area contributed by atoms with Crippen LogP contribution in [0.4, 0.5) is 0 Å². The smallest absolute Gasteiger partial charge is 0.309 e. The molecule has 12 heavy (non-hydrogen) atoms. The first kappa shape index (κ1) is 9.52. The summed E-state index contributed by atoms with van der Waals surface area (Å²) in [6.45, 7) is 2.13. The monoisotopic (exact) mass is 172 g/mol. The zero-order chi connectivity index (χ0) is 8.97. The Morgan fingerprint density at radius 3 is 2.83 bits per heavy atom. The Morgan fingerprint density at radius 2 is 2.33 bits per heavy atom. The third-order valence-corrected chi connectivity index (χ3v) is 2.24. The molecule has 1 aliphatic rings. The second-order valence-corrected chi connectivity index (χ2v) is 3.42. The van der Waals surface area contributed by atoms with Crippen molar-refractivity contribution in [3.8, 4) is 0 Å². The maximum absolute atomic E-state index is 10.9. The van der Waals surface area contributed by atoms with Crippen LogP contribution >= 0.6 is 0 Å². The molecule has 1 rings (SSSR count). The summed E-state index contributed by atoms with van der Waals surface area (Å²) in [7, 11) is 0. The summed E-state index contributed by atoms with van der Waals surface area (Å²) in [5.74, 6) is 0.00752. The Hall–Kier alpha value is -0.570. The highest BCUT2D eigenvalue weighted by molar-refractivity contribution is 5.74. The fraction of sp³-hybridized carbons (Fsp3) is 0.889. The molecule has 1 heterocycles. The number of cyclic esters (lactones) is 1. The van der Waals surface area contributed by atoms with E-state index in [2.05, 4.69) is 0 Å². The molecule has 1 N–H and O–H groups in total. The van der Waals surface area contributed by atoms with Gasteiger partial charge in [-0.25, -0.2) is 0 Å². The highest BCUT2D eigenvalue weighted by atomic mass is 16.5. The highest BCUT2D eigenvalue weighted by Crippen LogP contribution is 2.23. The summed E-state index contributed by atoms with van der Waals surface area (Å²) in [6.07, 6.45) is 3.61. The van der Waals surface area contributed by atoms with Crippen molar-refractivity contribution in [2.45, 2.75) is 38.7 Å². The van der Waals surface area contributed by atoms with Gasteiger partial charge in [-0.1, -0.05) is 6.92 Å². The van der Waals surface area contributed by atoms with Gasteiger partial charge < -0.3 is 9.84 Å². The number of unbranched alkanes of at least 4 members (excludes halogenated alkanes) is 1. The number of hydrogen-bond acceptors (Lipinski definition) is 3. The van der Waals surface area contributed by atoms with Gasteiger partial charge in [0.25, 0.3) is 0 Å². The number of aliphatic hydroxyl groups is 1. The second kappa shape index (κ2) is 4.45. The highest BCUT2D eigenvalue weighted by Gasteiger charge is 2.29. The van der Waals surface area contributed by atoms with Crippen LogP contribution in [-0.2, 0) is 9.53 Å². The molecule has 3 nitrogen and oxygen atoms in total. The third-order valence-electron chi connectivity index (χ3n) is 2.24. The molecule has 0 amide bonds. The molecule has 0 unspecified atom stereocenters. The Kier molecular flexibility index (Phi) is 3.53. The normalized spacial score (nSPS) is 29.0. The maximum Gasteiger partial charge on any atom is 0.309 e. The molecule has 3 heteroatoms. The lowest BCUT2D eigenvalue weighted by Gasteiger charge is -2.06. The second-order valence-electron chi connectivity index (χ2n) is 3.42. The van der Waals surface area contributed by atoms with Crippen LogP contribution in [0.3, 0.4) is 0 Å². The maximum atomic E-state index is 10.9. The van der Waals surface area contributed by atoms with E-state index in [1.807, 2.05) is 6.92 Å². The molecule has 0 radical (unpaired) electrons. The standard InChI is InChI=1S/C9H16O3/c1-7-6-8(12-9(7)11)4-2-3-5-10/h7-8,10H,2-6H2,1H3/t7-,8+/m0/s1. The van der Waals surface area contributed by atoms with Gasteiger partial charge >= 0.3 is 5.97 Å². The topological polar surface area (TPSA) is 46.5 Å². The molecule has 2 atom stereocenters. The zero-order valence-corrected chi connectivity index (χ0v) is 7.45. The van der Waals surface area contributed by atoms with E-state index in [1.54, 1.807) is 0 Å². The number of aliphatic hydroxyl groups excluding tert-OH is 1. The van der Waals surface area contributed by atoms with Crippen molar-refractivity contribution >= 4 is 5.97 Å². The van der Waals surface area contributed by atoms with Gasteiger partial charge in [0.05, 0.1) is 5.92 Å². The minimum Gasteiger partial charge on any atom is -0.462 e. The number of hydrogen-bond donors (Lipinski definition) is 1. The molecule has 1 aliphatic heterocycles. The first-order valence-electron chi connectivity index (χ1n) is 4.55. The molecule has 0 aromatic heterocycles. The van der Waals surface area contributed by atoms with E-state index in [-0.39, 0.29) is 24.6 Å². The molecule has 70 valence electrons. The quantitative estimate of drug-likeness (QED) is 0.510. The average molecular weight is 172 g/mol. The fourth-order valence-electron chi connectivity index (χ4n) is 1.48. The number of carbonyl (C=O) groups excluding carboxylic acids is 1. The molecule has 0 spiro atoms. The van der Waals surface area contributed by atoms with Crippen LogP contribution < -0.4 is 0 Å². The largest absolute Gasteiger partial charge is 0.462 e. The molecule has 1 fully saturated rings. The first-order valence-corrected chi connectivity index (χ1v) is 4.55. The van der Waals surface area contributed by atoms with E-state index in [9.17, 15) is 4.79 Å². The third kappa shape index (κ3) is 2.48. The van der Waals surface area contributed by atoms with Crippen molar-refractivity contribution < 1.29 is 14.6 Å². The summed E-state index contributed by atoms with van der Waals surface area (Å²) >= 11 is 0. The van der Waals surface area contributed by atoms with Crippen molar-refractivity contribution in [3.63, 3.8) is 0 Å². The van der Waals surface area contributed by atoms with Crippen LogP contribution in [0, 0.1) is 5.92 Å². The molecular formula is C9H16O3. The molecule has 0 aromatic rings. The van der Waals surface area contributed by atoms with E-state index < -0.39 is 0 Å². The Balaban J connectivity index is 2.14. The minimum absolute atomic E-state index is 0.0657. The van der Waals surface area contributed by atoms with E-state index in [1.165, 1.54) is 0 Å². The van der Waals surface area contributed by atoms with Gasteiger partial charge in [0, 0.05) is 6.61 Å². The Bertz CT molecular complexity index is 156. The van der Waals surface area contributed by atoms with Crippen LogP contribution in [0.2, 0.25) is 0 Å². The summed E-state index contributed by atoms with van der Waals surface area (Å²) < 4.78 is 5.10. The zero-order valence-electron chi connectivity index (χ0n) is 7.45. The number of rotatable bonds is 4. The van der Waals surface area contributed by atoms with Crippen molar-refractivity contribution in [1.82, 2.24) is 0 Å². The molecule has 0 bridgehead atoms. The Morgan fingerprint density at radius 1 is 1.58 bits per heavy atom. The number of ether oxygens (including phenoxy) is 1. The van der Waals surface area contributed by atoms with Gasteiger partial charge in [-0.3, -0.25) is 4.79 Å². The van der Waals surface area contributed by atoms with Crippen LogP contribution in [0.25, 0.3) is 0 Å². The van der Waals surface area contributed by atoms with Crippen LogP contribution in [-0.4, -0.2) is 23.8 Å². The molecule has 0 aliphatic carbocycles. The van der Waals surface area contributed by atoms with E-state index in [4.69, 9.17) is 9.84 Å². The van der Waals surface area contributed by atoms with Gasteiger partial charge in [-0.05, 0) is 25.7 Å². The summed E-state index contributed by atoms with van der Waals surface area (Å²) in [4.78, 5) is 10.9. The van der Waals surface area contributed by atoms with E-state index >= 15 is 0 Å². The molecule has 1 saturated heterocycles. The molecule has 0 aromatic carbocycles. The summed E-state index contributed by atoms with van der Waals surface area (Å²) in [5.41, 5.74) is 0. The fourth-order valence-corrected chi connectivity index (χ4v) is 1.48. The lowest BCUT2D eigenvalue weighted by molar-refractivity contribution is -0.144. The van der Waals surface area contributed by atoms with Gasteiger partial charge in [0.15, 0.2) is 0 Å². The minimum atomic E-state index is -0.0657. The van der Waals surface area contributed by atoms with Gasteiger partial charge in [0.1, 0.15) is 6.10 Å². The lowest BCUT2D eigenvalue weighted by Crippen LogP contribution is -2.06. The summed E-state index contributed by atoms with van der Waals surface area (Å²) in [5, 5.41) is 8.54. The van der Waals surface area contributed by atoms with Crippen LogP contribution in [0.5, 0.6) is 0 Å².